The smallest absolute Gasteiger partial charge is 0.344 e. The van der Waals surface area contributed by atoms with Crippen LogP contribution in [0.1, 0.15) is 17.3 Å². The van der Waals surface area contributed by atoms with E-state index in [-0.39, 0.29) is 16.5 Å². The van der Waals surface area contributed by atoms with Crippen LogP contribution in [0.15, 0.2) is 12.1 Å². The van der Waals surface area contributed by atoms with Crippen molar-refractivity contribution in [1.82, 2.24) is 0 Å². The fourth-order valence-corrected chi connectivity index (χ4v) is 1.41. The van der Waals surface area contributed by atoms with Gasteiger partial charge in [-0.1, -0.05) is 11.6 Å². The Hall–Kier alpha value is -1.75. The predicted molar refractivity (Wildman–Crippen MR) is 61.1 cm³/mol. The fourth-order valence-electron chi connectivity index (χ4n) is 1.15. The number of hydrogen-bond donors (Lipinski definition) is 1. The Bertz CT molecular complexity index is 444. The minimum Gasteiger partial charge on any atom is -0.493 e. The molecule has 0 amide bonds. The number of halogens is 1. The first-order chi connectivity index (χ1) is 7.99. The molecule has 0 spiro atoms. The molecule has 0 bridgehead atoms. The van der Waals surface area contributed by atoms with Crippen LogP contribution in [0.2, 0.25) is 5.02 Å². The molecule has 5 nitrogen and oxygen atoms in total. The Kier molecular flexibility index (Phi) is 4.34. The molecule has 1 aromatic carbocycles. The van der Waals surface area contributed by atoms with Crippen molar-refractivity contribution in [3.8, 4) is 11.5 Å². The van der Waals surface area contributed by atoms with E-state index in [9.17, 15) is 9.59 Å². The van der Waals surface area contributed by atoms with Gasteiger partial charge in [0.2, 0.25) is 0 Å². The Labute approximate surface area is 103 Å². The van der Waals surface area contributed by atoms with Crippen LogP contribution in [-0.2, 0) is 4.79 Å². The number of hydrogen-bond acceptors (Lipinski definition) is 4. The first-order valence-corrected chi connectivity index (χ1v) is 5.09. The highest BCUT2D eigenvalue weighted by Gasteiger charge is 2.18. The first kappa shape index (κ1) is 13.3. The molecule has 0 aromatic heterocycles. The summed E-state index contributed by atoms with van der Waals surface area (Å²) in [5, 5.41) is 8.86. The monoisotopic (exact) mass is 258 g/mol. The van der Waals surface area contributed by atoms with Crippen LogP contribution in [0, 0.1) is 0 Å². The average Bonchev–Trinajstić information content (AvgIpc) is 2.30. The van der Waals surface area contributed by atoms with Crippen molar-refractivity contribution in [3.63, 3.8) is 0 Å². The zero-order valence-electron chi connectivity index (χ0n) is 9.27. The summed E-state index contributed by atoms with van der Waals surface area (Å²) in [6.07, 6.45) is -0.456. The van der Waals surface area contributed by atoms with Crippen LogP contribution in [0.25, 0.3) is 0 Å². The number of carboxylic acid groups (broad SMARTS) is 1. The van der Waals surface area contributed by atoms with Gasteiger partial charge in [-0.15, -0.1) is 0 Å². The van der Waals surface area contributed by atoms with E-state index in [4.69, 9.17) is 26.2 Å². The maximum absolute atomic E-state index is 10.7. The number of benzene rings is 1. The SMILES string of the molecule is COc1cc(C=O)cc(Cl)c1OC(C)C(=O)O. The molecule has 0 aliphatic heterocycles. The zero-order valence-corrected chi connectivity index (χ0v) is 10.0. The quantitative estimate of drug-likeness (QED) is 0.818. The standard InChI is InChI=1S/C11H11ClO5/c1-6(11(14)15)17-10-8(12)3-7(5-13)4-9(10)16-2/h3-6H,1-2H3,(H,14,15). The van der Waals surface area contributed by atoms with Crippen molar-refractivity contribution in [3.05, 3.63) is 22.7 Å². The Morgan fingerprint density at radius 2 is 2.18 bits per heavy atom. The number of aliphatic carboxylic acids is 1. The van der Waals surface area contributed by atoms with Crippen molar-refractivity contribution >= 4 is 23.9 Å². The summed E-state index contributed by atoms with van der Waals surface area (Å²) in [5.74, 6) is -0.801. The molecule has 1 N–H and O–H groups in total. The second kappa shape index (κ2) is 5.54. The minimum atomic E-state index is -1.12. The molecular formula is C11H11ClO5. The Morgan fingerprint density at radius 3 is 2.65 bits per heavy atom. The lowest BCUT2D eigenvalue weighted by molar-refractivity contribution is -0.144. The minimum absolute atomic E-state index is 0.106. The molecule has 17 heavy (non-hydrogen) atoms. The number of aldehydes is 1. The molecule has 0 fully saturated rings. The number of carboxylic acids is 1. The van der Waals surface area contributed by atoms with Gasteiger partial charge in [-0.2, -0.15) is 0 Å². The van der Waals surface area contributed by atoms with Gasteiger partial charge in [0, 0.05) is 5.56 Å². The fraction of sp³-hybridized carbons (Fsp3) is 0.273. The Morgan fingerprint density at radius 1 is 1.53 bits per heavy atom. The van der Waals surface area contributed by atoms with Crippen LogP contribution < -0.4 is 9.47 Å². The van der Waals surface area contributed by atoms with E-state index in [1.165, 1.54) is 26.2 Å². The van der Waals surface area contributed by atoms with E-state index in [0.29, 0.717) is 11.8 Å². The molecule has 1 atom stereocenters. The third-order valence-electron chi connectivity index (χ3n) is 2.03. The van der Waals surface area contributed by atoms with Gasteiger partial charge in [0.05, 0.1) is 12.1 Å². The van der Waals surface area contributed by atoms with Crippen LogP contribution in [0.5, 0.6) is 11.5 Å². The van der Waals surface area contributed by atoms with Crippen molar-refractivity contribution in [2.75, 3.05) is 7.11 Å². The summed E-state index contributed by atoms with van der Waals surface area (Å²) < 4.78 is 10.1. The summed E-state index contributed by atoms with van der Waals surface area (Å²) in [7, 11) is 1.37. The molecule has 92 valence electrons. The number of rotatable bonds is 5. The highest BCUT2D eigenvalue weighted by Crippen LogP contribution is 2.36. The van der Waals surface area contributed by atoms with Gasteiger partial charge in [-0.3, -0.25) is 4.79 Å². The number of methoxy groups -OCH3 is 1. The molecule has 0 heterocycles. The number of carbonyl (C=O) groups is 2. The van der Waals surface area contributed by atoms with Crippen LogP contribution >= 0.6 is 11.6 Å². The van der Waals surface area contributed by atoms with E-state index in [1.54, 1.807) is 0 Å². The van der Waals surface area contributed by atoms with E-state index < -0.39 is 12.1 Å². The lowest BCUT2D eigenvalue weighted by Gasteiger charge is -2.15. The van der Waals surface area contributed by atoms with E-state index in [2.05, 4.69) is 0 Å². The highest BCUT2D eigenvalue weighted by atomic mass is 35.5. The molecule has 0 saturated carbocycles. The van der Waals surface area contributed by atoms with E-state index >= 15 is 0 Å². The van der Waals surface area contributed by atoms with Gasteiger partial charge < -0.3 is 14.6 Å². The maximum atomic E-state index is 10.7. The number of carbonyl (C=O) groups excluding carboxylic acids is 1. The first-order valence-electron chi connectivity index (χ1n) is 4.71. The molecular weight excluding hydrogens is 248 g/mol. The van der Waals surface area contributed by atoms with Crippen LogP contribution in [-0.4, -0.2) is 30.6 Å². The number of ether oxygens (including phenoxy) is 2. The van der Waals surface area contributed by atoms with Gasteiger partial charge in [0.25, 0.3) is 0 Å². The van der Waals surface area contributed by atoms with Crippen LogP contribution in [0.3, 0.4) is 0 Å². The van der Waals surface area contributed by atoms with Gasteiger partial charge in [0.1, 0.15) is 6.29 Å². The second-order valence-electron chi connectivity index (χ2n) is 3.25. The van der Waals surface area contributed by atoms with Gasteiger partial charge in [0.15, 0.2) is 17.6 Å². The maximum Gasteiger partial charge on any atom is 0.344 e. The third-order valence-corrected chi connectivity index (χ3v) is 2.31. The Balaban J connectivity index is 3.13. The van der Waals surface area contributed by atoms with Gasteiger partial charge >= 0.3 is 5.97 Å². The summed E-state index contributed by atoms with van der Waals surface area (Å²) in [6.45, 7) is 1.37. The van der Waals surface area contributed by atoms with Crippen molar-refractivity contribution in [1.29, 1.82) is 0 Å². The lowest BCUT2D eigenvalue weighted by atomic mass is 10.2. The van der Waals surface area contributed by atoms with Crippen molar-refractivity contribution < 1.29 is 24.2 Å². The molecule has 1 aromatic rings. The molecule has 0 radical (unpaired) electrons. The van der Waals surface area contributed by atoms with Crippen molar-refractivity contribution in [2.45, 2.75) is 13.0 Å². The summed E-state index contributed by atoms with van der Waals surface area (Å²) in [6, 6.07) is 2.80. The van der Waals surface area contributed by atoms with Gasteiger partial charge in [-0.25, -0.2) is 4.79 Å². The highest BCUT2D eigenvalue weighted by molar-refractivity contribution is 6.32. The third kappa shape index (κ3) is 3.10. The molecule has 0 saturated heterocycles. The molecule has 1 rings (SSSR count). The van der Waals surface area contributed by atoms with Crippen molar-refractivity contribution in [2.24, 2.45) is 0 Å². The molecule has 1 unspecified atom stereocenters. The molecule has 6 heteroatoms. The summed E-state index contributed by atoms with van der Waals surface area (Å²) >= 11 is 5.88. The van der Waals surface area contributed by atoms with Gasteiger partial charge in [-0.05, 0) is 19.1 Å². The largest absolute Gasteiger partial charge is 0.493 e. The zero-order chi connectivity index (χ0) is 13.0. The van der Waals surface area contributed by atoms with E-state index in [0.717, 1.165) is 0 Å². The normalized spacial score (nSPS) is 11.7. The summed E-state index contributed by atoms with van der Waals surface area (Å²) in [5.41, 5.74) is 0.321. The lowest BCUT2D eigenvalue weighted by Crippen LogP contribution is -2.23. The topological polar surface area (TPSA) is 72.8 Å². The summed E-state index contributed by atoms with van der Waals surface area (Å²) in [4.78, 5) is 21.3. The molecule has 0 aliphatic carbocycles. The molecule has 0 aliphatic rings. The van der Waals surface area contributed by atoms with Crippen LogP contribution in [0.4, 0.5) is 0 Å². The predicted octanol–water partition coefficient (Wildman–Crippen LogP) is 2.01. The average molecular weight is 259 g/mol. The second-order valence-corrected chi connectivity index (χ2v) is 3.66. The van der Waals surface area contributed by atoms with E-state index in [1.807, 2.05) is 0 Å².